The molecule has 3 nitrogen and oxygen atoms in total. The van der Waals surface area contributed by atoms with Crippen molar-refractivity contribution in [1.29, 1.82) is 0 Å². The monoisotopic (exact) mass is 493 g/mol. The van der Waals surface area contributed by atoms with Crippen molar-refractivity contribution in [2.45, 2.75) is 50.1 Å². The Morgan fingerprint density at radius 2 is 1.88 bits per heavy atom. The van der Waals surface area contributed by atoms with Gasteiger partial charge >= 0.3 is 6.18 Å². The molecule has 2 aromatic carbocycles. The molecule has 1 spiro atoms. The van der Waals surface area contributed by atoms with Gasteiger partial charge in [-0.3, -0.25) is 4.79 Å². The zero-order valence-corrected chi connectivity index (χ0v) is 19.3. The van der Waals surface area contributed by atoms with Gasteiger partial charge in [-0.15, -0.1) is 0 Å². The van der Waals surface area contributed by atoms with Crippen LogP contribution in [-0.2, 0) is 21.2 Å². The van der Waals surface area contributed by atoms with E-state index in [9.17, 15) is 27.2 Å². The number of nitrogens with zero attached hydrogens (tertiary/aromatic N) is 1. The van der Waals surface area contributed by atoms with Gasteiger partial charge in [0, 0.05) is 36.0 Å². The minimum Gasteiger partial charge on any atom is -0.339 e. The van der Waals surface area contributed by atoms with Crippen LogP contribution in [0.1, 0.15) is 60.8 Å². The van der Waals surface area contributed by atoms with Crippen molar-refractivity contribution in [2.75, 3.05) is 13.1 Å². The minimum atomic E-state index is -4.73. The molecule has 1 unspecified atom stereocenters. The van der Waals surface area contributed by atoms with E-state index in [1.165, 1.54) is 0 Å². The van der Waals surface area contributed by atoms with Gasteiger partial charge in [0.1, 0.15) is 11.6 Å². The SMILES string of the molecule is CC(=O)CC1CC2(CCN(C(=O)/C=C/c3ccc(F)cc3C(F)(F)F)CC2)c2c(Cl)cccc21. The number of alkyl halides is 3. The third-order valence-corrected chi connectivity index (χ3v) is 7.26. The number of carbonyl (C=O) groups excluding carboxylic acids is 2. The van der Waals surface area contributed by atoms with Crippen LogP contribution < -0.4 is 0 Å². The second kappa shape index (κ2) is 9.17. The number of rotatable bonds is 4. The standard InChI is InChI=1S/C26H24ClF4NO2/c1-16(33)13-18-15-25(24-20(18)3-2-4-22(24)27)9-11-32(12-10-25)23(34)8-6-17-5-7-19(28)14-21(17)26(29,30)31/h2-8,14,18H,9-13,15H2,1H3/b8-6+. The van der Waals surface area contributed by atoms with E-state index in [0.29, 0.717) is 43.4 Å². The summed E-state index contributed by atoms with van der Waals surface area (Å²) in [6.07, 6.45) is -0.0000723. The molecule has 1 fully saturated rings. The molecule has 1 heterocycles. The number of amides is 1. The van der Waals surface area contributed by atoms with E-state index in [4.69, 9.17) is 11.6 Å². The fourth-order valence-electron chi connectivity index (χ4n) is 5.45. The number of fused-ring (bicyclic) bond motifs is 2. The largest absolute Gasteiger partial charge is 0.417 e. The molecule has 34 heavy (non-hydrogen) atoms. The Balaban J connectivity index is 1.50. The quantitative estimate of drug-likeness (QED) is 0.358. The number of carbonyl (C=O) groups is 2. The van der Waals surface area contributed by atoms with Crippen molar-refractivity contribution < 1.29 is 27.2 Å². The molecule has 0 saturated carbocycles. The zero-order chi connectivity index (χ0) is 24.7. The number of hydrogen-bond donors (Lipinski definition) is 0. The number of piperidine rings is 1. The van der Waals surface area contributed by atoms with E-state index >= 15 is 0 Å². The molecule has 2 aliphatic rings. The van der Waals surface area contributed by atoms with Crippen LogP contribution in [0.5, 0.6) is 0 Å². The van der Waals surface area contributed by atoms with Gasteiger partial charge in [-0.2, -0.15) is 13.2 Å². The summed E-state index contributed by atoms with van der Waals surface area (Å²) < 4.78 is 53.0. The first kappa shape index (κ1) is 24.5. The van der Waals surface area contributed by atoms with Crippen LogP contribution in [0.15, 0.2) is 42.5 Å². The third kappa shape index (κ3) is 4.76. The molecule has 0 aromatic heterocycles. The lowest BCUT2D eigenvalue weighted by Crippen LogP contribution is -2.44. The number of likely N-dealkylation sites (tertiary alicyclic amines) is 1. The molecule has 0 N–H and O–H groups in total. The van der Waals surface area contributed by atoms with Crippen molar-refractivity contribution in [2.24, 2.45) is 0 Å². The van der Waals surface area contributed by atoms with E-state index in [-0.39, 0.29) is 22.7 Å². The van der Waals surface area contributed by atoms with Gasteiger partial charge in [-0.1, -0.05) is 29.8 Å². The Hall–Kier alpha value is -2.67. The fraction of sp³-hybridized carbons (Fsp3) is 0.385. The summed E-state index contributed by atoms with van der Waals surface area (Å²) in [5, 5.41) is 0.666. The predicted octanol–water partition coefficient (Wildman–Crippen LogP) is 6.54. The molecule has 0 bridgehead atoms. The molecule has 1 atom stereocenters. The summed E-state index contributed by atoms with van der Waals surface area (Å²) in [7, 11) is 0. The van der Waals surface area contributed by atoms with E-state index in [0.717, 1.165) is 41.8 Å². The summed E-state index contributed by atoms with van der Waals surface area (Å²) in [6, 6.07) is 8.13. The number of Topliss-reactive ketones (excluding diaryl/α,β-unsaturated/α-hetero) is 1. The highest BCUT2D eigenvalue weighted by atomic mass is 35.5. The number of hydrogen-bond acceptors (Lipinski definition) is 2. The van der Waals surface area contributed by atoms with Gasteiger partial charge in [-0.25, -0.2) is 4.39 Å². The van der Waals surface area contributed by atoms with Crippen molar-refractivity contribution in [1.82, 2.24) is 4.90 Å². The lowest BCUT2D eigenvalue weighted by Gasteiger charge is -2.40. The second-order valence-corrected chi connectivity index (χ2v) is 9.59. The number of halogens is 5. The Morgan fingerprint density at radius 3 is 2.53 bits per heavy atom. The van der Waals surface area contributed by atoms with Crippen LogP contribution in [0.3, 0.4) is 0 Å². The molecule has 1 aliphatic heterocycles. The Morgan fingerprint density at radius 1 is 1.18 bits per heavy atom. The number of ketones is 1. The molecule has 1 aliphatic carbocycles. The van der Waals surface area contributed by atoms with E-state index in [2.05, 4.69) is 0 Å². The van der Waals surface area contributed by atoms with E-state index < -0.39 is 23.5 Å². The van der Waals surface area contributed by atoms with Crippen molar-refractivity contribution in [3.63, 3.8) is 0 Å². The highest BCUT2D eigenvalue weighted by molar-refractivity contribution is 6.31. The maximum absolute atomic E-state index is 13.3. The third-order valence-electron chi connectivity index (χ3n) is 6.95. The molecule has 8 heteroatoms. The molecule has 0 radical (unpaired) electrons. The van der Waals surface area contributed by atoms with Crippen LogP contribution in [0, 0.1) is 5.82 Å². The summed E-state index contributed by atoms with van der Waals surface area (Å²) in [5.74, 6) is -1.18. The minimum absolute atomic E-state index is 0.0904. The average molecular weight is 494 g/mol. The van der Waals surface area contributed by atoms with Crippen LogP contribution in [0.4, 0.5) is 17.6 Å². The molecule has 1 amide bonds. The molecular formula is C26H24ClF4NO2. The van der Waals surface area contributed by atoms with Crippen LogP contribution in [0.25, 0.3) is 6.08 Å². The second-order valence-electron chi connectivity index (χ2n) is 9.18. The number of benzene rings is 2. The zero-order valence-electron chi connectivity index (χ0n) is 18.6. The van der Waals surface area contributed by atoms with Gasteiger partial charge in [0.2, 0.25) is 5.91 Å². The molecule has 4 rings (SSSR count). The fourth-order valence-corrected chi connectivity index (χ4v) is 5.83. The maximum Gasteiger partial charge on any atom is 0.417 e. The summed E-state index contributed by atoms with van der Waals surface area (Å²) >= 11 is 6.58. The van der Waals surface area contributed by atoms with Gasteiger partial charge in [0.05, 0.1) is 5.56 Å². The molecule has 180 valence electrons. The molecular weight excluding hydrogens is 470 g/mol. The maximum atomic E-state index is 13.3. The Labute approximate surface area is 200 Å². The molecule has 1 saturated heterocycles. The van der Waals surface area contributed by atoms with E-state index in [1.54, 1.807) is 11.8 Å². The Bertz CT molecular complexity index is 1150. The van der Waals surface area contributed by atoms with Crippen molar-refractivity contribution in [3.05, 3.63) is 75.6 Å². The van der Waals surface area contributed by atoms with Gasteiger partial charge in [0.25, 0.3) is 0 Å². The average Bonchev–Trinajstić information content (AvgIpc) is 3.05. The van der Waals surface area contributed by atoms with Gasteiger partial charge in [0.15, 0.2) is 0 Å². The first-order valence-corrected chi connectivity index (χ1v) is 11.5. The van der Waals surface area contributed by atoms with Crippen LogP contribution >= 0.6 is 11.6 Å². The first-order valence-electron chi connectivity index (χ1n) is 11.1. The summed E-state index contributed by atoms with van der Waals surface area (Å²) in [6.45, 7) is 2.43. The predicted molar refractivity (Wildman–Crippen MR) is 122 cm³/mol. The lowest BCUT2D eigenvalue weighted by atomic mass is 9.73. The normalized spacial score (nSPS) is 19.6. The van der Waals surface area contributed by atoms with Crippen LogP contribution in [0.2, 0.25) is 5.02 Å². The lowest BCUT2D eigenvalue weighted by molar-refractivity contribution is -0.138. The molecule has 2 aromatic rings. The van der Waals surface area contributed by atoms with Gasteiger partial charge in [-0.05, 0) is 73.1 Å². The first-order chi connectivity index (χ1) is 16.0. The highest BCUT2D eigenvalue weighted by Gasteiger charge is 2.47. The summed E-state index contributed by atoms with van der Waals surface area (Å²) in [5.41, 5.74) is 0.543. The summed E-state index contributed by atoms with van der Waals surface area (Å²) in [4.78, 5) is 26.2. The topological polar surface area (TPSA) is 37.4 Å². The van der Waals surface area contributed by atoms with Gasteiger partial charge < -0.3 is 9.69 Å². The van der Waals surface area contributed by atoms with Crippen LogP contribution in [-0.4, -0.2) is 29.7 Å². The highest BCUT2D eigenvalue weighted by Crippen LogP contribution is 2.55. The smallest absolute Gasteiger partial charge is 0.339 e. The van der Waals surface area contributed by atoms with E-state index in [1.807, 2.05) is 18.2 Å². The van der Waals surface area contributed by atoms with Crippen molar-refractivity contribution in [3.8, 4) is 0 Å². The van der Waals surface area contributed by atoms with Crippen molar-refractivity contribution >= 4 is 29.4 Å². The Kier molecular flexibility index (Phi) is 6.60.